The van der Waals surface area contributed by atoms with Gasteiger partial charge in [-0.05, 0) is 51.8 Å². The summed E-state index contributed by atoms with van der Waals surface area (Å²) in [6.45, 7) is 22.3. The third-order valence-corrected chi connectivity index (χ3v) is 6.76. The molecule has 2 rings (SSSR count). The second-order valence-electron chi connectivity index (χ2n) is 10.7. The van der Waals surface area contributed by atoms with Crippen LogP contribution in [0.15, 0.2) is 35.9 Å². The van der Waals surface area contributed by atoms with Crippen LogP contribution >= 0.6 is 0 Å². The van der Waals surface area contributed by atoms with Crippen LogP contribution in [-0.4, -0.2) is 5.78 Å². The van der Waals surface area contributed by atoms with Crippen molar-refractivity contribution in [1.82, 2.24) is 0 Å². The fourth-order valence-corrected chi connectivity index (χ4v) is 4.53. The van der Waals surface area contributed by atoms with Gasteiger partial charge in [-0.3, -0.25) is 4.79 Å². The molecule has 0 N–H and O–H groups in total. The van der Waals surface area contributed by atoms with E-state index in [0.717, 1.165) is 0 Å². The molecule has 0 aliphatic heterocycles. The molecule has 1 aromatic rings. The number of Topliss-reactive ketones (excluding diaryl/α,β-unsaturated/α-hetero) is 1. The molecule has 0 spiro atoms. The van der Waals surface area contributed by atoms with Gasteiger partial charge in [-0.1, -0.05) is 105 Å². The topological polar surface area (TPSA) is 17.1 Å². The van der Waals surface area contributed by atoms with E-state index in [-0.39, 0.29) is 5.92 Å². The lowest BCUT2D eigenvalue weighted by Crippen LogP contribution is -2.38. The molecule has 1 nitrogen and oxygen atoms in total. The van der Waals surface area contributed by atoms with Crippen molar-refractivity contribution in [3.8, 4) is 0 Å². The third-order valence-electron chi connectivity index (χ3n) is 6.76. The maximum Gasteiger partial charge on any atom is 0.148 e. The third kappa shape index (κ3) is 4.98. The summed E-state index contributed by atoms with van der Waals surface area (Å²) in [5.74, 6) is 2.25. The van der Waals surface area contributed by atoms with Gasteiger partial charge in [0.2, 0.25) is 0 Å². The van der Waals surface area contributed by atoms with Crippen molar-refractivity contribution < 1.29 is 4.79 Å². The van der Waals surface area contributed by atoms with E-state index < -0.39 is 5.41 Å². The molecule has 30 heavy (non-hydrogen) atoms. The Bertz CT molecular complexity index is 788. The Morgan fingerprint density at radius 1 is 0.800 bits per heavy atom. The maximum atomic E-state index is 14.0. The highest BCUT2D eigenvalue weighted by molar-refractivity contribution is 5.92. The van der Waals surface area contributed by atoms with Crippen molar-refractivity contribution in [2.75, 3.05) is 0 Å². The average molecular weight is 408 g/mol. The van der Waals surface area contributed by atoms with Gasteiger partial charge in [0.25, 0.3) is 0 Å². The van der Waals surface area contributed by atoms with Crippen LogP contribution in [0, 0.1) is 23.7 Å². The molecule has 1 radical (unpaired) electrons. The molecule has 1 heteroatoms. The maximum absolute atomic E-state index is 14.0. The molecular formula is C29H43O. The number of hydrogen-bond acceptors (Lipinski definition) is 1. The van der Waals surface area contributed by atoms with Crippen LogP contribution in [0.3, 0.4) is 0 Å². The van der Waals surface area contributed by atoms with Gasteiger partial charge in [0.1, 0.15) is 5.78 Å². The predicted octanol–water partition coefficient (Wildman–Crippen LogP) is 8.17. The number of allylic oxidation sites excluding steroid dienone is 4. The van der Waals surface area contributed by atoms with Crippen molar-refractivity contribution in [3.05, 3.63) is 64.6 Å². The number of carbonyl (C=O) groups is 1. The Balaban J connectivity index is 2.56. The van der Waals surface area contributed by atoms with Gasteiger partial charge in [-0.25, -0.2) is 0 Å². The van der Waals surface area contributed by atoms with E-state index in [2.05, 4.69) is 106 Å². The highest BCUT2D eigenvalue weighted by Crippen LogP contribution is 2.43. The zero-order valence-corrected chi connectivity index (χ0v) is 21.0. The molecule has 0 saturated carbocycles. The van der Waals surface area contributed by atoms with Crippen molar-refractivity contribution >= 4 is 5.78 Å². The van der Waals surface area contributed by atoms with E-state index in [1.54, 1.807) is 0 Å². The molecule has 0 bridgehead atoms. The standard InChI is InChI=1S/C29H43O/c1-18(2)23-12-11-13-29(17-23,22(9)10)28(30)16-27-25(20(5)6)14-24(19(3)4)15-26(27)21(7)8/h11-15,17-22H,16H2,1-10H3. The fraction of sp³-hybridized carbons (Fsp3) is 0.586. The average Bonchev–Trinajstić information content (AvgIpc) is 2.66. The van der Waals surface area contributed by atoms with E-state index >= 15 is 0 Å². The lowest BCUT2D eigenvalue weighted by molar-refractivity contribution is -0.126. The van der Waals surface area contributed by atoms with Crippen LogP contribution < -0.4 is 0 Å². The molecule has 1 aromatic carbocycles. The van der Waals surface area contributed by atoms with Crippen molar-refractivity contribution in [2.24, 2.45) is 17.3 Å². The molecule has 0 fully saturated rings. The lowest BCUT2D eigenvalue weighted by atomic mass is 9.64. The molecule has 0 saturated heterocycles. The number of hydrogen-bond donors (Lipinski definition) is 0. The monoisotopic (exact) mass is 407 g/mol. The summed E-state index contributed by atoms with van der Waals surface area (Å²) in [6, 6.07) is 4.71. The Morgan fingerprint density at radius 2 is 1.33 bits per heavy atom. The normalized spacial score (nSPS) is 19.5. The van der Waals surface area contributed by atoms with E-state index in [9.17, 15) is 4.79 Å². The zero-order chi connectivity index (χ0) is 22.8. The number of rotatable bonds is 8. The van der Waals surface area contributed by atoms with Crippen LogP contribution in [0.4, 0.5) is 0 Å². The molecule has 1 aliphatic rings. The van der Waals surface area contributed by atoms with E-state index in [1.165, 1.54) is 27.8 Å². The molecule has 1 unspecified atom stereocenters. The first-order valence-corrected chi connectivity index (χ1v) is 11.9. The van der Waals surface area contributed by atoms with Crippen LogP contribution in [0.2, 0.25) is 0 Å². The fourth-order valence-electron chi connectivity index (χ4n) is 4.53. The molecule has 0 aromatic heterocycles. The Hall–Kier alpha value is -1.63. The smallest absolute Gasteiger partial charge is 0.148 e. The van der Waals surface area contributed by atoms with Crippen LogP contribution in [0.5, 0.6) is 0 Å². The summed E-state index contributed by atoms with van der Waals surface area (Å²) < 4.78 is 0. The zero-order valence-electron chi connectivity index (χ0n) is 21.0. The van der Waals surface area contributed by atoms with E-state index in [1.807, 2.05) is 0 Å². The van der Waals surface area contributed by atoms with Gasteiger partial charge in [-0.15, -0.1) is 0 Å². The summed E-state index contributed by atoms with van der Waals surface area (Å²) in [7, 11) is 0. The quantitative estimate of drug-likeness (QED) is 0.425. The van der Waals surface area contributed by atoms with Gasteiger partial charge in [0.15, 0.2) is 0 Å². The molecular weight excluding hydrogens is 364 g/mol. The summed E-state index contributed by atoms with van der Waals surface area (Å²) in [5, 5.41) is 0. The van der Waals surface area contributed by atoms with Crippen LogP contribution in [0.25, 0.3) is 0 Å². The second kappa shape index (κ2) is 9.67. The van der Waals surface area contributed by atoms with Gasteiger partial charge in [-0.2, -0.15) is 0 Å². The molecule has 1 aliphatic carbocycles. The van der Waals surface area contributed by atoms with Gasteiger partial charge in [0.05, 0.1) is 5.41 Å². The Labute approximate surface area is 186 Å². The number of ketones is 1. The van der Waals surface area contributed by atoms with Crippen LogP contribution in [-0.2, 0) is 11.2 Å². The Kier molecular flexibility index (Phi) is 7.94. The number of carbonyl (C=O) groups excluding carboxylic acids is 1. The molecule has 1 atom stereocenters. The summed E-state index contributed by atoms with van der Waals surface area (Å²) in [5.41, 5.74) is 6.08. The SMILES string of the molecule is CC(C)C1=CC=CC(C(=O)Cc2c(C(C)C)cc(C(C)C)cc2C(C)C)(C(C)C)[CH]1. The van der Waals surface area contributed by atoms with Crippen molar-refractivity contribution in [2.45, 2.75) is 93.4 Å². The minimum absolute atomic E-state index is 0.226. The molecule has 0 amide bonds. The van der Waals surface area contributed by atoms with Gasteiger partial charge in [0, 0.05) is 12.8 Å². The van der Waals surface area contributed by atoms with E-state index in [4.69, 9.17) is 0 Å². The molecule has 0 heterocycles. The van der Waals surface area contributed by atoms with Gasteiger partial charge < -0.3 is 0 Å². The number of benzene rings is 1. The second-order valence-corrected chi connectivity index (χ2v) is 10.7. The Morgan fingerprint density at radius 3 is 1.73 bits per heavy atom. The first-order chi connectivity index (χ1) is 13.9. The van der Waals surface area contributed by atoms with Crippen molar-refractivity contribution in [3.63, 3.8) is 0 Å². The van der Waals surface area contributed by atoms with Gasteiger partial charge >= 0.3 is 0 Å². The van der Waals surface area contributed by atoms with Crippen molar-refractivity contribution in [1.29, 1.82) is 0 Å². The first-order valence-electron chi connectivity index (χ1n) is 11.9. The highest BCUT2D eigenvalue weighted by Gasteiger charge is 2.41. The van der Waals surface area contributed by atoms with Crippen LogP contribution in [0.1, 0.15) is 109 Å². The lowest BCUT2D eigenvalue weighted by Gasteiger charge is -2.37. The highest BCUT2D eigenvalue weighted by atomic mass is 16.1. The summed E-state index contributed by atoms with van der Waals surface area (Å²) in [4.78, 5) is 14.0. The van der Waals surface area contributed by atoms with E-state index in [0.29, 0.717) is 35.9 Å². The summed E-state index contributed by atoms with van der Waals surface area (Å²) >= 11 is 0. The molecule has 165 valence electrons. The minimum Gasteiger partial charge on any atom is -0.298 e. The predicted molar refractivity (Wildman–Crippen MR) is 131 cm³/mol. The first kappa shape index (κ1) is 24.6. The largest absolute Gasteiger partial charge is 0.298 e. The minimum atomic E-state index is -0.520. The summed E-state index contributed by atoms with van der Waals surface area (Å²) in [6.07, 6.45) is 9.15.